The van der Waals surface area contributed by atoms with Crippen LogP contribution in [0.2, 0.25) is 5.02 Å². The van der Waals surface area contributed by atoms with Gasteiger partial charge in [-0.1, -0.05) is 23.7 Å². The van der Waals surface area contributed by atoms with Crippen LogP contribution in [0, 0.1) is 5.82 Å². The van der Waals surface area contributed by atoms with Crippen LogP contribution < -0.4 is 5.32 Å². The van der Waals surface area contributed by atoms with Gasteiger partial charge in [0.25, 0.3) is 0 Å². The Balaban J connectivity index is 2.31. The molecule has 0 aromatic heterocycles. The first kappa shape index (κ1) is 14.3. The number of halogens is 2. The Bertz CT molecular complexity index is 631. The van der Waals surface area contributed by atoms with Crippen LogP contribution in [0.15, 0.2) is 42.5 Å². The number of hydrogen-bond donors (Lipinski definition) is 1. The molecule has 0 bridgehead atoms. The minimum absolute atomic E-state index is 0.240. The van der Waals surface area contributed by atoms with Crippen molar-refractivity contribution in [2.75, 3.05) is 11.9 Å². The largest absolute Gasteiger partial charge is 0.462 e. The van der Waals surface area contributed by atoms with E-state index in [-0.39, 0.29) is 5.02 Å². The number of ether oxygens (including phenoxy) is 1. The molecule has 3 nitrogen and oxygen atoms in total. The minimum atomic E-state index is -0.422. The SMILES string of the molecule is CCOC(=O)c1ccccc1Nc1ccc(F)cc1Cl. The summed E-state index contributed by atoms with van der Waals surface area (Å²) in [4.78, 5) is 11.8. The zero-order chi connectivity index (χ0) is 14.5. The number of nitrogens with one attached hydrogen (secondary N) is 1. The number of esters is 1. The van der Waals surface area contributed by atoms with Gasteiger partial charge in [-0.05, 0) is 37.3 Å². The summed E-state index contributed by atoms with van der Waals surface area (Å²) >= 11 is 5.95. The molecule has 0 aliphatic carbocycles. The maximum Gasteiger partial charge on any atom is 0.340 e. The van der Waals surface area contributed by atoms with Crippen LogP contribution in [0.4, 0.5) is 15.8 Å². The van der Waals surface area contributed by atoms with Crippen LogP contribution in [-0.2, 0) is 4.74 Å². The summed E-state index contributed by atoms with van der Waals surface area (Å²) in [6.45, 7) is 2.04. The monoisotopic (exact) mass is 293 g/mol. The van der Waals surface area contributed by atoms with Gasteiger partial charge in [-0.25, -0.2) is 9.18 Å². The molecule has 2 aromatic rings. The minimum Gasteiger partial charge on any atom is -0.462 e. The second kappa shape index (κ2) is 6.39. The molecule has 20 heavy (non-hydrogen) atoms. The summed E-state index contributed by atoms with van der Waals surface area (Å²) in [5.74, 6) is -0.840. The first-order chi connectivity index (χ1) is 9.61. The zero-order valence-electron chi connectivity index (χ0n) is 10.8. The highest BCUT2D eigenvalue weighted by Gasteiger charge is 2.12. The Hall–Kier alpha value is -2.07. The molecule has 0 fully saturated rings. The number of carbonyl (C=O) groups is 1. The van der Waals surface area contributed by atoms with E-state index in [2.05, 4.69) is 5.32 Å². The fraction of sp³-hybridized carbons (Fsp3) is 0.133. The Morgan fingerprint density at radius 2 is 2.00 bits per heavy atom. The molecule has 5 heteroatoms. The van der Waals surface area contributed by atoms with Gasteiger partial charge in [0.05, 0.1) is 28.6 Å². The third-order valence-electron chi connectivity index (χ3n) is 2.62. The zero-order valence-corrected chi connectivity index (χ0v) is 11.6. The number of para-hydroxylation sites is 1. The van der Waals surface area contributed by atoms with E-state index in [1.165, 1.54) is 18.2 Å². The van der Waals surface area contributed by atoms with Crippen molar-refractivity contribution in [1.29, 1.82) is 0 Å². The highest BCUT2D eigenvalue weighted by molar-refractivity contribution is 6.33. The van der Waals surface area contributed by atoms with Gasteiger partial charge in [-0.3, -0.25) is 0 Å². The standard InChI is InChI=1S/C15H13ClFNO2/c1-2-20-15(19)11-5-3-4-6-13(11)18-14-8-7-10(17)9-12(14)16/h3-9,18H,2H2,1H3. The molecule has 0 atom stereocenters. The van der Waals surface area contributed by atoms with Gasteiger partial charge < -0.3 is 10.1 Å². The Kier molecular flexibility index (Phi) is 4.58. The number of benzene rings is 2. The maximum atomic E-state index is 13.0. The lowest BCUT2D eigenvalue weighted by Gasteiger charge is -2.12. The first-order valence-electron chi connectivity index (χ1n) is 6.10. The summed E-state index contributed by atoms with van der Waals surface area (Å²) in [5.41, 5.74) is 1.47. The van der Waals surface area contributed by atoms with Gasteiger partial charge >= 0.3 is 5.97 Å². The average Bonchev–Trinajstić information content (AvgIpc) is 2.43. The molecule has 104 valence electrons. The lowest BCUT2D eigenvalue weighted by molar-refractivity contribution is 0.0527. The Morgan fingerprint density at radius 1 is 1.25 bits per heavy atom. The molecule has 0 heterocycles. The van der Waals surface area contributed by atoms with Crippen LogP contribution in [0.1, 0.15) is 17.3 Å². The normalized spacial score (nSPS) is 10.2. The molecular weight excluding hydrogens is 281 g/mol. The topological polar surface area (TPSA) is 38.3 Å². The van der Waals surface area contributed by atoms with Crippen LogP contribution in [0.25, 0.3) is 0 Å². The molecular formula is C15H13ClFNO2. The van der Waals surface area contributed by atoms with Gasteiger partial charge in [0, 0.05) is 0 Å². The van der Waals surface area contributed by atoms with E-state index >= 15 is 0 Å². The van der Waals surface area contributed by atoms with Crippen molar-refractivity contribution in [3.05, 3.63) is 58.9 Å². The summed E-state index contributed by atoms with van der Waals surface area (Å²) in [7, 11) is 0. The van der Waals surface area contributed by atoms with Crippen molar-refractivity contribution in [3.8, 4) is 0 Å². The Morgan fingerprint density at radius 3 is 2.70 bits per heavy atom. The molecule has 1 N–H and O–H groups in total. The van der Waals surface area contributed by atoms with Crippen molar-refractivity contribution >= 4 is 28.9 Å². The molecule has 0 aliphatic rings. The first-order valence-corrected chi connectivity index (χ1v) is 6.48. The van der Waals surface area contributed by atoms with E-state index < -0.39 is 11.8 Å². The fourth-order valence-corrected chi connectivity index (χ4v) is 1.93. The highest BCUT2D eigenvalue weighted by atomic mass is 35.5. The molecule has 2 rings (SSSR count). The van der Waals surface area contributed by atoms with Gasteiger partial charge in [-0.15, -0.1) is 0 Å². The summed E-state index contributed by atoms with van der Waals surface area (Å²) < 4.78 is 18.0. The van der Waals surface area contributed by atoms with E-state index in [1.807, 2.05) is 0 Å². The van der Waals surface area contributed by atoms with Gasteiger partial charge in [-0.2, -0.15) is 0 Å². The number of rotatable bonds is 4. The van der Waals surface area contributed by atoms with Crippen molar-refractivity contribution in [3.63, 3.8) is 0 Å². The molecule has 0 spiro atoms. The number of anilines is 2. The second-order valence-corrected chi connectivity index (χ2v) is 4.42. The highest BCUT2D eigenvalue weighted by Crippen LogP contribution is 2.28. The third-order valence-corrected chi connectivity index (χ3v) is 2.94. The maximum absolute atomic E-state index is 13.0. The predicted octanol–water partition coefficient (Wildman–Crippen LogP) is 4.40. The van der Waals surface area contributed by atoms with Crippen LogP contribution in [-0.4, -0.2) is 12.6 Å². The van der Waals surface area contributed by atoms with Gasteiger partial charge in [0.1, 0.15) is 5.82 Å². The van der Waals surface area contributed by atoms with Crippen molar-refractivity contribution < 1.29 is 13.9 Å². The lowest BCUT2D eigenvalue weighted by atomic mass is 10.1. The van der Waals surface area contributed by atoms with Gasteiger partial charge in [0.2, 0.25) is 0 Å². The van der Waals surface area contributed by atoms with Crippen LogP contribution >= 0.6 is 11.6 Å². The van der Waals surface area contributed by atoms with Crippen LogP contribution in [0.5, 0.6) is 0 Å². The Labute approximate surface area is 121 Å². The third kappa shape index (κ3) is 3.27. The van der Waals surface area contributed by atoms with Crippen molar-refractivity contribution in [2.24, 2.45) is 0 Å². The second-order valence-electron chi connectivity index (χ2n) is 4.02. The van der Waals surface area contributed by atoms with E-state index in [0.29, 0.717) is 23.5 Å². The smallest absolute Gasteiger partial charge is 0.340 e. The summed E-state index contributed by atoms with van der Waals surface area (Å²) in [6, 6.07) is 10.9. The van der Waals surface area contributed by atoms with Crippen LogP contribution in [0.3, 0.4) is 0 Å². The molecule has 0 unspecified atom stereocenters. The van der Waals surface area contributed by atoms with E-state index in [9.17, 15) is 9.18 Å². The van der Waals surface area contributed by atoms with E-state index in [0.717, 1.165) is 0 Å². The molecule has 0 saturated heterocycles. The van der Waals surface area contributed by atoms with Crippen molar-refractivity contribution in [2.45, 2.75) is 6.92 Å². The van der Waals surface area contributed by atoms with Gasteiger partial charge in [0.15, 0.2) is 0 Å². The van der Waals surface area contributed by atoms with Crippen molar-refractivity contribution in [1.82, 2.24) is 0 Å². The molecule has 2 aromatic carbocycles. The molecule has 0 radical (unpaired) electrons. The molecule has 0 aliphatic heterocycles. The molecule has 0 saturated carbocycles. The predicted molar refractivity (Wildman–Crippen MR) is 77.1 cm³/mol. The lowest BCUT2D eigenvalue weighted by Crippen LogP contribution is -2.07. The summed E-state index contributed by atoms with van der Waals surface area (Å²) in [6.07, 6.45) is 0. The van der Waals surface area contributed by atoms with E-state index in [1.54, 1.807) is 31.2 Å². The average molecular weight is 294 g/mol. The number of carbonyl (C=O) groups excluding carboxylic acids is 1. The summed E-state index contributed by atoms with van der Waals surface area (Å²) in [5, 5.41) is 3.25. The quantitative estimate of drug-likeness (QED) is 0.849. The number of hydrogen-bond acceptors (Lipinski definition) is 3. The molecule has 0 amide bonds. The fourth-order valence-electron chi connectivity index (χ4n) is 1.71. The van der Waals surface area contributed by atoms with E-state index in [4.69, 9.17) is 16.3 Å².